The average Bonchev–Trinajstić information content (AvgIpc) is 2.61. The third kappa shape index (κ3) is 5.46. The van der Waals surface area contributed by atoms with Crippen LogP contribution in [-0.4, -0.2) is 43.5 Å². The predicted molar refractivity (Wildman–Crippen MR) is 86.3 cm³/mol. The Hall–Kier alpha value is -0.520. The first-order chi connectivity index (χ1) is 9.15. The second-order valence-electron chi connectivity index (χ2n) is 4.55. The van der Waals surface area contributed by atoms with Crippen LogP contribution in [-0.2, 0) is 4.79 Å². The number of rotatable bonds is 3. The van der Waals surface area contributed by atoms with E-state index in [9.17, 15) is 4.79 Å². The number of hydrogen-bond acceptors (Lipinski definition) is 3. The molecular formula is C13H18Cl3N3O. The van der Waals surface area contributed by atoms with Crippen molar-refractivity contribution in [2.45, 2.75) is 6.42 Å². The summed E-state index contributed by atoms with van der Waals surface area (Å²) in [5, 5.41) is 7.13. The number of nitrogens with one attached hydrogen (secondary N) is 2. The van der Waals surface area contributed by atoms with Crippen molar-refractivity contribution < 1.29 is 4.79 Å². The van der Waals surface area contributed by atoms with Gasteiger partial charge in [-0.15, -0.1) is 12.4 Å². The average molecular weight is 339 g/mol. The lowest BCUT2D eigenvalue weighted by Gasteiger charge is -2.18. The smallest absolute Gasteiger partial charge is 0.238 e. The molecule has 1 amide bonds. The molecule has 1 aromatic rings. The Morgan fingerprint density at radius 3 is 2.85 bits per heavy atom. The highest BCUT2D eigenvalue weighted by Crippen LogP contribution is 2.25. The van der Waals surface area contributed by atoms with Crippen LogP contribution < -0.4 is 10.6 Å². The molecule has 7 heteroatoms. The summed E-state index contributed by atoms with van der Waals surface area (Å²) in [5.41, 5.74) is 0.601. The quantitative estimate of drug-likeness (QED) is 0.890. The third-order valence-corrected chi connectivity index (χ3v) is 3.55. The summed E-state index contributed by atoms with van der Waals surface area (Å²) in [4.78, 5) is 14.1. The van der Waals surface area contributed by atoms with E-state index in [1.807, 2.05) is 0 Å². The normalized spacial score (nSPS) is 16.1. The number of halogens is 3. The van der Waals surface area contributed by atoms with Gasteiger partial charge in [0.15, 0.2) is 0 Å². The van der Waals surface area contributed by atoms with E-state index in [1.165, 1.54) is 0 Å². The fourth-order valence-corrected chi connectivity index (χ4v) is 2.50. The highest BCUT2D eigenvalue weighted by Gasteiger charge is 2.13. The Kier molecular flexibility index (Phi) is 7.62. The molecule has 1 heterocycles. The lowest BCUT2D eigenvalue weighted by atomic mass is 10.3. The van der Waals surface area contributed by atoms with Crippen LogP contribution in [0.15, 0.2) is 18.2 Å². The molecule has 0 aromatic heterocycles. The van der Waals surface area contributed by atoms with Gasteiger partial charge in [-0.3, -0.25) is 9.69 Å². The zero-order chi connectivity index (χ0) is 13.7. The Morgan fingerprint density at radius 2 is 2.10 bits per heavy atom. The maximum atomic E-state index is 12.0. The van der Waals surface area contributed by atoms with Crippen LogP contribution >= 0.6 is 35.6 Å². The van der Waals surface area contributed by atoms with E-state index in [0.29, 0.717) is 22.3 Å². The summed E-state index contributed by atoms with van der Waals surface area (Å²) < 4.78 is 0. The molecule has 1 fully saturated rings. The Labute approximate surface area is 135 Å². The van der Waals surface area contributed by atoms with Gasteiger partial charge in [-0.1, -0.05) is 23.2 Å². The number of hydrogen-bond donors (Lipinski definition) is 2. The van der Waals surface area contributed by atoms with E-state index in [-0.39, 0.29) is 18.3 Å². The molecule has 20 heavy (non-hydrogen) atoms. The lowest BCUT2D eigenvalue weighted by Crippen LogP contribution is -2.35. The van der Waals surface area contributed by atoms with Gasteiger partial charge in [0.2, 0.25) is 5.91 Å². The number of amides is 1. The molecule has 0 radical (unpaired) electrons. The zero-order valence-electron chi connectivity index (χ0n) is 11.0. The molecule has 2 rings (SSSR count). The summed E-state index contributed by atoms with van der Waals surface area (Å²) in [6.45, 7) is 4.16. The first-order valence-electron chi connectivity index (χ1n) is 6.33. The molecule has 0 unspecified atom stereocenters. The Balaban J connectivity index is 0.00000200. The van der Waals surface area contributed by atoms with Crippen molar-refractivity contribution in [1.82, 2.24) is 10.2 Å². The minimum Gasteiger partial charge on any atom is -0.324 e. The van der Waals surface area contributed by atoms with Crippen LogP contribution in [0.5, 0.6) is 0 Å². The molecule has 1 saturated heterocycles. The van der Waals surface area contributed by atoms with Crippen molar-refractivity contribution in [1.29, 1.82) is 0 Å². The van der Waals surface area contributed by atoms with Crippen LogP contribution in [0, 0.1) is 0 Å². The fourth-order valence-electron chi connectivity index (χ4n) is 2.04. The van der Waals surface area contributed by atoms with Crippen molar-refractivity contribution in [2.24, 2.45) is 0 Å². The molecule has 2 N–H and O–H groups in total. The molecule has 1 aromatic carbocycles. The molecule has 0 saturated carbocycles. The first kappa shape index (κ1) is 17.5. The van der Waals surface area contributed by atoms with Crippen molar-refractivity contribution in [3.05, 3.63) is 28.2 Å². The van der Waals surface area contributed by atoms with Crippen LogP contribution in [0.1, 0.15) is 6.42 Å². The van der Waals surface area contributed by atoms with E-state index in [1.54, 1.807) is 18.2 Å². The third-order valence-electron chi connectivity index (χ3n) is 3.01. The van der Waals surface area contributed by atoms with Gasteiger partial charge < -0.3 is 10.6 Å². The Bertz CT molecular complexity index is 448. The number of benzene rings is 1. The molecule has 0 aliphatic carbocycles. The summed E-state index contributed by atoms with van der Waals surface area (Å²) in [7, 11) is 0. The van der Waals surface area contributed by atoms with Gasteiger partial charge in [-0.2, -0.15) is 0 Å². The number of nitrogens with zero attached hydrogens (tertiary/aromatic N) is 1. The van der Waals surface area contributed by atoms with Gasteiger partial charge in [0.25, 0.3) is 0 Å². The van der Waals surface area contributed by atoms with Gasteiger partial charge in [0.1, 0.15) is 0 Å². The summed E-state index contributed by atoms with van der Waals surface area (Å²) in [5.74, 6) is -0.0499. The van der Waals surface area contributed by atoms with E-state index in [4.69, 9.17) is 23.2 Å². The van der Waals surface area contributed by atoms with Crippen molar-refractivity contribution in [2.75, 3.05) is 38.0 Å². The van der Waals surface area contributed by atoms with Crippen LogP contribution in [0.2, 0.25) is 10.0 Å². The van der Waals surface area contributed by atoms with Crippen molar-refractivity contribution in [3.63, 3.8) is 0 Å². The Morgan fingerprint density at radius 1 is 1.30 bits per heavy atom. The topological polar surface area (TPSA) is 44.4 Å². The van der Waals surface area contributed by atoms with Crippen LogP contribution in [0.25, 0.3) is 0 Å². The minimum atomic E-state index is -0.0499. The molecule has 1 aliphatic heterocycles. The van der Waals surface area contributed by atoms with Crippen molar-refractivity contribution >= 4 is 47.2 Å². The number of carbonyl (C=O) groups excluding carboxylic acids is 1. The molecule has 0 atom stereocenters. The maximum absolute atomic E-state index is 12.0. The predicted octanol–water partition coefficient (Wildman–Crippen LogP) is 2.65. The van der Waals surface area contributed by atoms with E-state index in [0.717, 1.165) is 32.6 Å². The fraction of sp³-hybridized carbons (Fsp3) is 0.462. The molecule has 0 spiro atoms. The maximum Gasteiger partial charge on any atom is 0.238 e. The van der Waals surface area contributed by atoms with E-state index >= 15 is 0 Å². The largest absolute Gasteiger partial charge is 0.324 e. The van der Waals surface area contributed by atoms with Crippen LogP contribution in [0.3, 0.4) is 0 Å². The number of carbonyl (C=O) groups is 1. The molecule has 112 valence electrons. The van der Waals surface area contributed by atoms with E-state index < -0.39 is 0 Å². The summed E-state index contributed by atoms with van der Waals surface area (Å²) in [6.07, 6.45) is 1.06. The first-order valence-corrected chi connectivity index (χ1v) is 7.09. The SMILES string of the molecule is Cl.O=C(CN1CCCNCC1)Nc1ccc(Cl)cc1Cl. The lowest BCUT2D eigenvalue weighted by molar-refractivity contribution is -0.117. The number of anilines is 1. The second-order valence-corrected chi connectivity index (χ2v) is 5.40. The molecule has 0 bridgehead atoms. The van der Waals surface area contributed by atoms with Gasteiger partial charge >= 0.3 is 0 Å². The zero-order valence-corrected chi connectivity index (χ0v) is 13.3. The monoisotopic (exact) mass is 337 g/mol. The molecule has 1 aliphatic rings. The van der Waals surface area contributed by atoms with Gasteiger partial charge in [-0.25, -0.2) is 0 Å². The van der Waals surface area contributed by atoms with Gasteiger partial charge in [-0.05, 0) is 37.7 Å². The second kappa shape index (κ2) is 8.70. The highest BCUT2D eigenvalue weighted by atomic mass is 35.5. The van der Waals surface area contributed by atoms with E-state index in [2.05, 4.69) is 15.5 Å². The minimum absolute atomic E-state index is 0. The molecule has 4 nitrogen and oxygen atoms in total. The summed E-state index contributed by atoms with van der Waals surface area (Å²) in [6, 6.07) is 5.04. The van der Waals surface area contributed by atoms with Gasteiger partial charge in [0.05, 0.1) is 17.3 Å². The standard InChI is InChI=1S/C13H17Cl2N3O.ClH/c14-10-2-3-12(11(15)8-10)17-13(19)9-18-6-1-4-16-5-7-18;/h2-3,8,16H,1,4-7,9H2,(H,17,19);1H. The summed E-state index contributed by atoms with van der Waals surface area (Å²) >= 11 is 11.8. The van der Waals surface area contributed by atoms with Gasteiger partial charge in [0, 0.05) is 18.1 Å². The molecular weight excluding hydrogens is 321 g/mol. The van der Waals surface area contributed by atoms with Crippen LogP contribution in [0.4, 0.5) is 5.69 Å². The van der Waals surface area contributed by atoms with Crippen molar-refractivity contribution in [3.8, 4) is 0 Å². The highest BCUT2D eigenvalue weighted by molar-refractivity contribution is 6.36.